The summed E-state index contributed by atoms with van der Waals surface area (Å²) in [5.41, 5.74) is -1.59. The Morgan fingerprint density at radius 1 is 1.07 bits per heavy atom. The molecule has 1 amide bonds. The predicted molar refractivity (Wildman–Crippen MR) is 112 cm³/mol. The van der Waals surface area contributed by atoms with Gasteiger partial charge in [-0.15, -0.1) is 0 Å². The van der Waals surface area contributed by atoms with Crippen LogP contribution in [0.3, 0.4) is 0 Å². The van der Waals surface area contributed by atoms with E-state index in [9.17, 15) is 18.8 Å². The topological polar surface area (TPSA) is 86.0 Å². The molecule has 0 unspecified atom stereocenters. The number of rotatable bonds is 6. The lowest BCUT2D eigenvalue weighted by Crippen LogP contribution is -2.48. The van der Waals surface area contributed by atoms with Crippen LogP contribution >= 0.6 is 0 Å². The molecule has 2 aromatic carbocycles. The van der Waals surface area contributed by atoms with Crippen LogP contribution in [-0.4, -0.2) is 26.3 Å². The van der Waals surface area contributed by atoms with Gasteiger partial charge in [0, 0.05) is 6.04 Å². The first kappa shape index (κ1) is 21.2. The van der Waals surface area contributed by atoms with Crippen molar-refractivity contribution in [1.82, 2.24) is 19.7 Å². The van der Waals surface area contributed by atoms with Crippen molar-refractivity contribution in [3.63, 3.8) is 0 Å². The van der Waals surface area contributed by atoms with Gasteiger partial charge in [0.25, 0.3) is 11.5 Å². The van der Waals surface area contributed by atoms with Crippen LogP contribution in [-0.2, 0) is 0 Å². The number of halogens is 1. The van der Waals surface area contributed by atoms with Gasteiger partial charge in [-0.25, -0.2) is 13.8 Å². The summed E-state index contributed by atoms with van der Waals surface area (Å²) in [6.45, 7) is 5.34. The molecule has 0 fully saturated rings. The molecule has 3 rings (SSSR count). The van der Waals surface area contributed by atoms with E-state index in [4.69, 9.17) is 0 Å². The minimum absolute atomic E-state index is 0.144. The van der Waals surface area contributed by atoms with E-state index in [0.29, 0.717) is 12.0 Å². The zero-order valence-corrected chi connectivity index (χ0v) is 17.0. The van der Waals surface area contributed by atoms with E-state index in [1.54, 1.807) is 44.2 Å². The summed E-state index contributed by atoms with van der Waals surface area (Å²) in [6.07, 6.45) is 0.646. The third-order valence-corrected chi connectivity index (χ3v) is 4.96. The molecule has 0 bridgehead atoms. The second kappa shape index (κ2) is 8.86. The third-order valence-electron chi connectivity index (χ3n) is 4.96. The first-order valence-corrected chi connectivity index (χ1v) is 9.71. The van der Waals surface area contributed by atoms with Gasteiger partial charge in [-0.3, -0.25) is 9.59 Å². The Morgan fingerprint density at radius 2 is 1.70 bits per heavy atom. The van der Waals surface area contributed by atoms with Crippen LogP contribution in [0.2, 0.25) is 0 Å². The SMILES string of the molecule is CC[C@H](C)NC(=O)c1nn(-c2ccccc2F)c(=O)n([C@@H](C)c2ccccc2)c1=O. The van der Waals surface area contributed by atoms with E-state index in [0.717, 1.165) is 9.25 Å². The lowest BCUT2D eigenvalue weighted by molar-refractivity contribution is 0.0929. The van der Waals surface area contributed by atoms with Gasteiger partial charge >= 0.3 is 5.69 Å². The van der Waals surface area contributed by atoms with Gasteiger partial charge in [0.2, 0.25) is 5.69 Å². The van der Waals surface area contributed by atoms with E-state index in [1.165, 1.54) is 18.2 Å². The molecule has 1 heterocycles. The molecule has 7 nitrogen and oxygen atoms in total. The van der Waals surface area contributed by atoms with Crippen molar-refractivity contribution in [2.45, 2.75) is 39.3 Å². The van der Waals surface area contributed by atoms with Crippen LogP contribution in [0.4, 0.5) is 4.39 Å². The minimum atomic E-state index is -0.832. The van der Waals surface area contributed by atoms with Crippen molar-refractivity contribution in [3.05, 3.63) is 92.5 Å². The normalized spacial score (nSPS) is 12.9. The average Bonchev–Trinajstić information content (AvgIpc) is 2.75. The van der Waals surface area contributed by atoms with Crippen molar-refractivity contribution < 1.29 is 9.18 Å². The largest absolute Gasteiger partial charge is 0.352 e. The molecule has 2 atom stereocenters. The molecule has 1 aromatic heterocycles. The number of carbonyl (C=O) groups is 1. The predicted octanol–water partition coefficient (Wildman–Crippen LogP) is 2.67. The fourth-order valence-electron chi connectivity index (χ4n) is 3.03. The molecule has 0 aliphatic heterocycles. The van der Waals surface area contributed by atoms with Crippen LogP contribution in [0, 0.1) is 5.82 Å². The number of para-hydroxylation sites is 1. The Hall–Kier alpha value is -3.55. The number of aromatic nitrogens is 3. The van der Waals surface area contributed by atoms with E-state index < -0.39 is 34.7 Å². The number of carbonyl (C=O) groups excluding carboxylic acids is 1. The quantitative estimate of drug-likeness (QED) is 0.677. The molecule has 0 saturated heterocycles. The first-order chi connectivity index (χ1) is 14.3. The Morgan fingerprint density at radius 3 is 2.33 bits per heavy atom. The summed E-state index contributed by atoms with van der Waals surface area (Å²) in [6, 6.07) is 13.6. The van der Waals surface area contributed by atoms with Crippen LogP contribution in [0.15, 0.2) is 64.2 Å². The van der Waals surface area contributed by atoms with Crippen molar-refractivity contribution in [2.75, 3.05) is 0 Å². The van der Waals surface area contributed by atoms with Crippen LogP contribution in [0.1, 0.15) is 49.3 Å². The van der Waals surface area contributed by atoms with Gasteiger partial charge in [0.15, 0.2) is 0 Å². The van der Waals surface area contributed by atoms with E-state index in [2.05, 4.69) is 10.4 Å². The monoisotopic (exact) mass is 410 g/mol. The molecule has 0 saturated carbocycles. The van der Waals surface area contributed by atoms with E-state index in [1.807, 2.05) is 13.0 Å². The molecule has 1 N–H and O–H groups in total. The third kappa shape index (κ3) is 4.07. The summed E-state index contributed by atoms with van der Waals surface area (Å²) < 4.78 is 16.1. The second-order valence-electron chi connectivity index (χ2n) is 7.04. The lowest BCUT2D eigenvalue weighted by atomic mass is 10.1. The van der Waals surface area contributed by atoms with E-state index >= 15 is 0 Å². The smallest absolute Gasteiger partial charge is 0.348 e. The number of nitrogens with one attached hydrogen (secondary N) is 1. The minimum Gasteiger partial charge on any atom is -0.348 e. The summed E-state index contributed by atoms with van der Waals surface area (Å²) in [7, 11) is 0. The molecular formula is C22H23FN4O3. The highest BCUT2D eigenvalue weighted by atomic mass is 19.1. The maximum absolute atomic E-state index is 14.4. The van der Waals surface area contributed by atoms with Crippen LogP contribution < -0.4 is 16.6 Å². The zero-order chi connectivity index (χ0) is 21.8. The van der Waals surface area contributed by atoms with Crippen LogP contribution in [0.25, 0.3) is 5.69 Å². The maximum atomic E-state index is 14.4. The Balaban J connectivity index is 2.28. The lowest BCUT2D eigenvalue weighted by Gasteiger charge is -2.18. The summed E-state index contributed by atoms with van der Waals surface area (Å²) >= 11 is 0. The average molecular weight is 410 g/mol. The Kier molecular flexibility index (Phi) is 6.25. The van der Waals surface area contributed by atoms with Gasteiger partial charge in [-0.2, -0.15) is 9.78 Å². The number of nitrogens with zero attached hydrogens (tertiary/aromatic N) is 3. The van der Waals surface area contributed by atoms with Crippen LogP contribution in [0.5, 0.6) is 0 Å². The number of amides is 1. The van der Waals surface area contributed by atoms with Crippen molar-refractivity contribution in [2.24, 2.45) is 0 Å². The summed E-state index contributed by atoms with van der Waals surface area (Å²) in [5, 5.41) is 6.63. The highest BCUT2D eigenvalue weighted by molar-refractivity contribution is 5.92. The highest BCUT2D eigenvalue weighted by Crippen LogP contribution is 2.15. The van der Waals surface area contributed by atoms with Gasteiger partial charge in [-0.05, 0) is 38.0 Å². The highest BCUT2D eigenvalue weighted by Gasteiger charge is 2.25. The molecule has 156 valence electrons. The molecular weight excluding hydrogens is 387 g/mol. The van der Waals surface area contributed by atoms with Crippen molar-refractivity contribution in [1.29, 1.82) is 0 Å². The maximum Gasteiger partial charge on any atom is 0.352 e. The Bertz CT molecular complexity index is 1170. The van der Waals surface area contributed by atoms with E-state index in [-0.39, 0.29) is 11.7 Å². The summed E-state index contributed by atoms with van der Waals surface area (Å²) in [5.74, 6) is -1.41. The van der Waals surface area contributed by atoms with Gasteiger partial charge in [0.05, 0.1) is 6.04 Å². The van der Waals surface area contributed by atoms with Crippen molar-refractivity contribution in [3.8, 4) is 5.69 Å². The molecule has 30 heavy (non-hydrogen) atoms. The fourth-order valence-corrected chi connectivity index (χ4v) is 3.03. The zero-order valence-electron chi connectivity index (χ0n) is 17.0. The molecule has 0 aliphatic carbocycles. The fraction of sp³-hybridized carbons (Fsp3) is 0.273. The number of hydrogen-bond donors (Lipinski definition) is 1. The van der Waals surface area contributed by atoms with Gasteiger partial charge < -0.3 is 5.32 Å². The number of benzene rings is 2. The standard InChI is InChI=1S/C22H23FN4O3/c1-4-14(2)24-20(28)19-21(29)26(15(3)16-10-6-5-7-11-16)22(30)27(25-19)18-13-9-8-12-17(18)23/h5-15H,4H2,1-3H3,(H,24,28)/t14-,15-/m0/s1. The molecule has 0 aliphatic rings. The van der Waals surface area contributed by atoms with Gasteiger partial charge in [-0.1, -0.05) is 49.4 Å². The molecule has 8 heteroatoms. The molecule has 0 radical (unpaired) electrons. The van der Waals surface area contributed by atoms with Crippen molar-refractivity contribution >= 4 is 5.91 Å². The number of hydrogen-bond acceptors (Lipinski definition) is 4. The molecule has 3 aromatic rings. The first-order valence-electron chi connectivity index (χ1n) is 9.71. The molecule has 0 spiro atoms. The Labute approximate surface area is 172 Å². The second-order valence-corrected chi connectivity index (χ2v) is 7.04. The van der Waals surface area contributed by atoms with Gasteiger partial charge in [0.1, 0.15) is 11.5 Å². The summed E-state index contributed by atoms with van der Waals surface area (Å²) in [4.78, 5) is 39.0.